The molecule has 0 bridgehead atoms. The summed E-state index contributed by atoms with van der Waals surface area (Å²) in [5.74, 6) is 1.08. The van der Waals surface area contributed by atoms with Gasteiger partial charge in [-0.25, -0.2) is 14.6 Å². The highest BCUT2D eigenvalue weighted by molar-refractivity contribution is 7.22. The van der Waals surface area contributed by atoms with Crippen molar-refractivity contribution < 1.29 is 14.3 Å². The molecule has 0 unspecified atom stereocenters. The summed E-state index contributed by atoms with van der Waals surface area (Å²) in [7, 11) is 3.31. The summed E-state index contributed by atoms with van der Waals surface area (Å²) in [6, 6.07) is 6.10. The van der Waals surface area contributed by atoms with E-state index in [1.165, 1.54) is 12.4 Å². The number of nitrogens with two attached hydrogens (primary N) is 1. The van der Waals surface area contributed by atoms with Gasteiger partial charge in [-0.3, -0.25) is 4.79 Å². The molecule has 1 aliphatic rings. The van der Waals surface area contributed by atoms with E-state index < -0.39 is 0 Å². The molecule has 1 aliphatic heterocycles. The normalized spacial score (nSPS) is 18.1. The molecule has 1 amide bonds. The van der Waals surface area contributed by atoms with E-state index in [1.807, 2.05) is 17.7 Å². The molecule has 2 N–H and O–H groups in total. The first-order valence-electron chi connectivity index (χ1n) is 10.9. The maximum atomic E-state index is 12.5. The molecular formula is C24H26N6O3S. The highest BCUT2D eigenvalue weighted by atomic mass is 32.1. The summed E-state index contributed by atoms with van der Waals surface area (Å²) in [5.41, 5.74) is 8.83. The molecule has 0 saturated carbocycles. The number of thiophene rings is 1. The van der Waals surface area contributed by atoms with Crippen LogP contribution in [-0.4, -0.2) is 64.0 Å². The largest absolute Gasteiger partial charge is 0.495 e. The van der Waals surface area contributed by atoms with Crippen molar-refractivity contribution in [2.75, 3.05) is 33.1 Å². The van der Waals surface area contributed by atoms with E-state index in [-0.39, 0.29) is 18.0 Å². The Morgan fingerprint density at radius 1 is 1.32 bits per heavy atom. The lowest BCUT2D eigenvalue weighted by atomic mass is 10.1. The Morgan fingerprint density at radius 2 is 2.15 bits per heavy atom. The van der Waals surface area contributed by atoms with E-state index in [0.29, 0.717) is 36.4 Å². The van der Waals surface area contributed by atoms with Gasteiger partial charge in [0, 0.05) is 13.7 Å². The number of anilines is 1. The van der Waals surface area contributed by atoms with Crippen LogP contribution < -0.4 is 10.5 Å². The molecule has 0 radical (unpaired) electrons. The van der Waals surface area contributed by atoms with E-state index in [4.69, 9.17) is 20.3 Å². The predicted molar refractivity (Wildman–Crippen MR) is 133 cm³/mol. The molecule has 10 heteroatoms. The average molecular weight is 479 g/mol. The van der Waals surface area contributed by atoms with E-state index in [2.05, 4.69) is 28.7 Å². The number of benzene rings is 1. The van der Waals surface area contributed by atoms with Gasteiger partial charge in [-0.1, -0.05) is 12.6 Å². The third-order valence-corrected chi connectivity index (χ3v) is 7.43. The average Bonchev–Trinajstić information content (AvgIpc) is 3.53. The second kappa shape index (κ2) is 8.69. The minimum Gasteiger partial charge on any atom is -0.495 e. The monoisotopic (exact) mass is 478 g/mol. The number of fused-ring (bicyclic) bond motifs is 2. The third kappa shape index (κ3) is 3.59. The van der Waals surface area contributed by atoms with Crippen LogP contribution in [0.1, 0.15) is 18.0 Å². The van der Waals surface area contributed by atoms with Crippen LogP contribution in [0.2, 0.25) is 0 Å². The number of aryl methyl sites for hydroxylation is 1. The fourth-order valence-electron chi connectivity index (χ4n) is 4.76. The number of amides is 1. The minimum absolute atomic E-state index is 0.0704. The lowest BCUT2D eigenvalue weighted by Crippen LogP contribution is -2.37. The maximum Gasteiger partial charge on any atom is 0.246 e. The predicted octanol–water partition coefficient (Wildman–Crippen LogP) is 3.58. The Balaban J connectivity index is 1.64. The van der Waals surface area contributed by atoms with E-state index in [9.17, 15) is 4.79 Å². The molecule has 1 fully saturated rings. The van der Waals surface area contributed by atoms with Crippen LogP contribution in [0.4, 0.5) is 5.82 Å². The van der Waals surface area contributed by atoms with Crippen molar-refractivity contribution in [3.63, 3.8) is 0 Å². The number of methoxy groups -OCH3 is 2. The van der Waals surface area contributed by atoms with Crippen LogP contribution in [0.25, 0.3) is 31.7 Å². The molecule has 1 aromatic carbocycles. The van der Waals surface area contributed by atoms with Crippen molar-refractivity contribution in [2.24, 2.45) is 0 Å². The van der Waals surface area contributed by atoms with Gasteiger partial charge in [-0.05, 0) is 42.5 Å². The van der Waals surface area contributed by atoms with Crippen molar-refractivity contribution in [3.8, 4) is 16.3 Å². The van der Waals surface area contributed by atoms with Gasteiger partial charge in [0.05, 0.1) is 40.8 Å². The fourth-order valence-corrected chi connectivity index (χ4v) is 5.89. The highest BCUT2D eigenvalue weighted by Gasteiger charge is 2.37. The van der Waals surface area contributed by atoms with Crippen molar-refractivity contribution >= 4 is 44.2 Å². The van der Waals surface area contributed by atoms with Gasteiger partial charge >= 0.3 is 0 Å². The van der Waals surface area contributed by atoms with Crippen LogP contribution in [0.5, 0.6) is 5.75 Å². The molecule has 4 aromatic rings. The number of rotatable bonds is 6. The summed E-state index contributed by atoms with van der Waals surface area (Å²) < 4.78 is 13.9. The number of carbonyl (C=O) groups excluding carboxylic acids is 1. The standard InChI is InChI=1S/C24H26N6O3S/c1-5-19(31)29-10-15(9-16(29)11-32-3)30-24-20(23(25)26-12-27-24)21(28-30)18-8-14-6-13(2)7-17(33-4)22(14)34-18/h5-8,12,15-16H,1,9-11H2,2-4H3,(H2,25,26,27)/t15-,16+/m0/s1. The van der Waals surface area contributed by atoms with Crippen LogP contribution in [0.3, 0.4) is 0 Å². The Morgan fingerprint density at radius 3 is 2.88 bits per heavy atom. The van der Waals surface area contributed by atoms with Crippen molar-refractivity contribution in [1.29, 1.82) is 0 Å². The van der Waals surface area contributed by atoms with Gasteiger partial charge in [0.25, 0.3) is 0 Å². The van der Waals surface area contributed by atoms with Gasteiger partial charge in [-0.15, -0.1) is 11.3 Å². The molecular weight excluding hydrogens is 452 g/mol. The second-order valence-corrected chi connectivity index (χ2v) is 9.49. The lowest BCUT2D eigenvalue weighted by molar-refractivity contribution is -0.127. The molecule has 3 aromatic heterocycles. The molecule has 0 spiro atoms. The number of hydrogen-bond donors (Lipinski definition) is 1. The van der Waals surface area contributed by atoms with Crippen LogP contribution in [0.15, 0.2) is 37.2 Å². The van der Waals surface area contributed by atoms with Crippen LogP contribution in [0, 0.1) is 6.92 Å². The van der Waals surface area contributed by atoms with E-state index >= 15 is 0 Å². The zero-order chi connectivity index (χ0) is 24.0. The number of nitrogen functional groups attached to an aromatic ring is 1. The molecule has 5 rings (SSSR count). The highest BCUT2D eigenvalue weighted by Crippen LogP contribution is 2.42. The molecule has 34 heavy (non-hydrogen) atoms. The minimum atomic E-state index is -0.123. The summed E-state index contributed by atoms with van der Waals surface area (Å²) in [6.45, 7) is 6.61. The van der Waals surface area contributed by atoms with Gasteiger partial charge in [-0.2, -0.15) is 5.10 Å². The Kier molecular flexibility index (Phi) is 5.70. The van der Waals surface area contributed by atoms with Crippen LogP contribution >= 0.6 is 11.3 Å². The first-order valence-corrected chi connectivity index (χ1v) is 11.8. The summed E-state index contributed by atoms with van der Waals surface area (Å²) in [4.78, 5) is 24.0. The fraction of sp³-hybridized carbons (Fsp3) is 0.333. The Bertz CT molecular complexity index is 1410. The zero-order valence-corrected chi connectivity index (χ0v) is 20.1. The number of aromatic nitrogens is 4. The lowest BCUT2D eigenvalue weighted by Gasteiger charge is -2.22. The second-order valence-electron chi connectivity index (χ2n) is 8.44. The number of carbonyl (C=O) groups is 1. The van der Waals surface area contributed by atoms with Crippen molar-refractivity contribution in [2.45, 2.75) is 25.4 Å². The van der Waals surface area contributed by atoms with Crippen LogP contribution in [-0.2, 0) is 9.53 Å². The van der Waals surface area contributed by atoms with Gasteiger partial charge in [0.1, 0.15) is 23.6 Å². The number of hydrogen-bond acceptors (Lipinski definition) is 8. The number of nitrogens with zero attached hydrogens (tertiary/aromatic N) is 5. The smallest absolute Gasteiger partial charge is 0.246 e. The van der Waals surface area contributed by atoms with E-state index in [1.54, 1.807) is 30.5 Å². The topological polar surface area (TPSA) is 108 Å². The van der Waals surface area contributed by atoms with Gasteiger partial charge in [0.2, 0.25) is 5.91 Å². The summed E-state index contributed by atoms with van der Waals surface area (Å²) in [6.07, 6.45) is 3.47. The summed E-state index contributed by atoms with van der Waals surface area (Å²) >= 11 is 1.60. The quantitative estimate of drug-likeness (QED) is 0.422. The van der Waals surface area contributed by atoms with Crippen molar-refractivity contribution in [3.05, 3.63) is 42.7 Å². The molecule has 2 atom stereocenters. The SMILES string of the molecule is C=CC(=O)N1C[C@@H](n2nc(-c3cc4cc(C)cc(OC)c4s3)c3c(N)ncnc32)C[C@@H]1COC. The van der Waals surface area contributed by atoms with Gasteiger partial charge < -0.3 is 20.1 Å². The first kappa shape index (κ1) is 22.3. The molecule has 4 heterocycles. The Labute approximate surface area is 200 Å². The number of ether oxygens (including phenoxy) is 2. The zero-order valence-electron chi connectivity index (χ0n) is 19.3. The molecule has 9 nitrogen and oxygen atoms in total. The van der Waals surface area contributed by atoms with E-state index in [0.717, 1.165) is 32.0 Å². The Hall–Kier alpha value is -3.50. The third-order valence-electron chi connectivity index (χ3n) is 6.25. The molecule has 0 aliphatic carbocycles. The van der Waals surface area contributed by atoms with Gasteiger partial charge in [0.15, 0.2) is 5.65 Å². The molecule has 1 saturated heterocycles. The summed E-state index contributed by atoms with van der Waals surface area (Å²) in [5, 5.41) is 6.78. The maximum absolute atomic E-state index is 12.5. The number of likely N-dealkylation sites (tertiary alicyclic amines) is 1. The molecule has 176 valence electrons. The first-order chi connectivity index (χ1) is 16.4. The van der Waals surface area contributed by atoms with Crippen molar-refractivity contribution in [1.82, 2.24) is 24.6 Å².